The molecule has 0 aromatic carbocycles. The number of fused-ring (bicyclic) bond motifs is 1. The first kappa shape index (κ1) is 10.3. The van der Waals surface area contributed by atoms with E-state index >= 15 is 0 Å². The van der Waals surface area contributed by atoms with Crippen LogP contribution in [0.5, 0.6) is 0 Å². The van der Waals surface area contributed by atoms with Crippen molar-refractivity contribution in [3.63, 3.8) is 0 Å². The van der Waals surface area contributed by atoms with Crippen LogP contribution in [0.2, 0.25) is 0 Å². The van der Waals surface area contributed by atoms with Crippen LogP contribution in [0.3, 0.4) is 0 Å². The first-order valence-electron chi connectivity index (χ1n) is 4.93. The topological polar surface area (TPSA) is 42.7 Å². The van der Waals surface area contributed by atoms with Crippen LogP contribution in [-0.4, -0.2) is 19.8 Å². The van der Waals surface area contributed by atoms with Crippen molar-refractivity contribution < 1.29 is 0 Å². The Morgan fingerprint density at radius 3 is 2.60 bits per heavy atom. The molecule has 2 heterocycles. The minimum Gasteiger partial charge on any atom is -0.379 e. The Labute approximate surface area is 94.4 Å². The zero-order chi connectivity index (χ0) is 11.2. The molecule has 4 nitrogen and oxygen atoms in total. The third kappa shape index (κ3) is 1.47. The zero-order valence-corrected chi connectivity index (χ0v) is 10.1. The molecule has 0 saturated carbocycles. The molecule has 0 bridgehead atoms. The Hall–Kier alpha value is -1.23. The Bertz CT molecular complexity index is 458. The van der Waals surface area contributed by atoms with Crippen LogP contribution in [0.25, 0.3) is 0 Å². The molecule has 80 valence electrons. The highest BCUT2D eigenvalue weighted by Gasteiger charge is 2.23. The highest BCUT2D eigenvalue weighted by atomic mass is 32.1. The highest BCUT2D eigenvalue weighted by molar-refractivity contribution is 7.80. The first-order valence-corrected chi connectivity index (χ1v) is 5.34. The van der Waals surface area contributed by atoms with E-state index in [4.69, 9.17) is 12.2 Å². The van der Waals surface area contributed by atoms with E-state index in [1.807, 2.05) is 25.3 Å². The minimum atomic E-state index is 0.140. The summed E-state index contributed by atoms with van der Waals surface area (Å²) in [7, 11) is 0. The summed E-state index contributed by atoms with van der Waals surface area (Å²) in [5.74, 6) is 1.73. The number of rotatable bonds is 0. The van der Waals surface area contributed by atoms with Crippen molar-refractivity contribution >= 4 is 17.2 Å². The summed E-state index contributed by atoms with van der Waals surface area (Å²) in [4.78, 5) is 0.793. The van der Waals surface area contributed by atoms with E-state index in [9.17, 15) is 0 Å². The van der Waals surface area contributed by atoms with Gasteiger partial charge in [0.2, 0.25) is 0 Å². The number of nitrogens with zero attached hydrogens (tertiary/aromatic N) is 3. The maximum Gasteiger partial charge on any atom is 0.160 e. The fourth-order valence-corrected chi connectivity index (χ4v) is 2.11. The van der Waals surface area contributed by atoms with Crippen molar-refractivity contribution in [2.24, 2.45) is 0 Å². The number of allylic oxidation sites excluding steroid dienone is 2. The molecular weight excluding hydrogens is 208 g/mol. The van der Waals surface area contributed by atoms with Crippen LogP contribution in [0.1, 0.15) is 38.5 Å². The number of aromatic nitrogens is 3. The molecule has 15 heavy (non-hydrogen) atoms. The van der Waals surface area contributed by atoms with Gasteiger partial charge < -0.3 is 5.32 Å². The lowest BCUT2D eigenvalue weighted by Gasteiger charge is -2.11. The molecule has 0 spiro atoms. The molecular formula is C10H14N4S. The van der Waals surface area contributed by atoms with Crippen LogP contribution in [0.4, 0.5) is 0 Å². The van der Waals surface area contributed by atoms with Crippen LogP contribution in [0, 0.1) is 6.92 Å². The molecule has 1 aromatic heterocycles. The lowest BCUT2D eigenvalue weighted by Crippen LogP contribution is -2.18. The Balaban J connectivity index is 2.65. The van der Waals surface area contributed by atoms with E-state index in [0.717, 1.165) is 27.9 Å². The number of hydrogen-bond donors (Lipinski definition) is 1. The summed E-state index contributed by atoms with van der Waals surface area (Å²) in [6, 6.07) is 0.140. The quantitative estimate of drug-likeness (QED) is 0.679. The van der Waals surface area contributed by atoms with Gasteiger partial charge in [-0.05, 0) is 27.7 Å². The van der Waals surface area contributed by atoms with Gasteiger partial charge in [-0.2, -0.15) is 0 Å². The van der Waals surface area contributed by atoms with Gasteiger partial charge in [-0.15, -0.1) is 10.2 Å². The summed E-state index contributed by atoms with van der Waals surface area (Å²) in [5.41, 5.74) is 2.19. The van der Waals surface area contributed by atoms with Crippen LogP contribution in [-0.2, 0) is 0 Å². The van der Waals surface area contributed by atoms with Crippen LogP contribution in [0.15, 0.2) is 11.3 Å². The van der Waals surface area contributed by atoms with Crippen molar-refractivity contribution in [1.82, 2.24) is 20.1 Å². The molecule has 1 aliphatic heterocycles. The highest BCUT2D eigenvalue weighted by Crippen LogP contribution is 2.21. The summed E-state index contributed by atoms with van der Waals surface area (Å²) >= 11 is 5.43. The van der Waals surface area contributed by atoms with E-state index in [1.165, 1.54) is 0 Å². The average Bonchev–Trinajstić information content (AvgIpc) is 2.54. The van der Waals surface area contributed by atoms with Gasteiger partial charge in [0.15, 0.2) is 5.82 Å². The van der Waals surface area contributed by atoms with E-state index in [2.05, 4.69) is 22.4 Å². The van der Waals surface area contributed by atoms with Gasteiger partial charge in [-0.25, -0.2) is 0 Å². The summed E-state index contributed by atoms with van der Waals surface area (Å²) in [5, 5.41) is 11.6. The molecule has 0 amide bonds. The Morgan fingerprint density at radius 2 is 1.93 bits per heavy atom. The van der Waals surface area contributed by atoms with Crippen molar-refractivity contribution in [2.75, 3.05) is 0 Å². The average molecular weight is 222 g/mol. The molecule has 5 heteroatoms. The van der Waals surface area contributed by atoms with Crippen molar-refractivity contribution in [3.05, 3.63) is 22.9 Å². The van der Waals surface area contributed by atoms with E-state index in [1.54, 1.807) is 0 Å². The third-order valence-electron chi connectivity index (χ3n) is 2.76. The Morgan fingerprint density at radius 1 is 1.27 bits per heavy atom. The normalized spacial score (nSPS) is 21.1. The molecule has 0 saturated heterocycles. The van der Waals surface area contributed by atoms with Crippen molar-refractivity contribution in [3.8, 4) is 0 Å². The third-order valence-corrected chi connectivity index (χ3v) is 3.25. The molecule has 0 aliphatic carbocycles. The Kier molecular flexibility index (Phi) is 2.34. The second kappa shape index (κ2) is 3.41. The van der Waals surface area contributed by atoms with Crippen LogP contribution < -0.4 is 5.32 Å². The second-order valence-corrected chi connectivity index (χ2v) is 4.25. The van der Waals surface area contributed by atoms with E-state index in [0.29, 0.717) is 0 Å². The van der Waals surface area contributed by atoms with Gasteiger partial charge in [-0.3, -0.25) is 4.57 Å². The minimum absolute atomic E-state index is 0.140. The molecule has 1 atom stereocenters. The van der Waals surface area contributed by atoms with Gasteiger partial charge in [0, 0.05) is 11.3 Å². The van der Waals surface area contributed by atoms with E-state index < -0.39 is 0 Å². The van der Waals surface area contributed by atoms with Crippen molar-refractivity contribution in [1.29, 1.82) is 0 Å². The van der Waals surface area contributed by atoms with Gasteiger partial charge in [0.25, 0.3) is 0 Å². The van der Waals surface area contributed by atoms with Gasteiger partial charge >= 0.3 is 0 Å². The number of thiocarbonyl (C=S) groups is 1. The molecule has 1 aliphatic rings. The van der Waals surface area contributed by atoms with E-state index in [-0.39, 0.29) is 6.04 Å². The second-order valence-electron chi connectivity index (χ2n) is 3.86. The molecule has 2 rings (SSSR count). The first-order chi connectivity index (χ1) is 7.02. The monoisotopic (exact) mass is 222 g/mol. The number of aryl methyl sites for hydroxylation is 1. The zero-order valence-electron chi connectivity index (χ0n) is 9.33. The van der Waals surface area contributed by atoms with Crippen LogP contribution >= 0.6 is 12.2 Å². The molecule has 1 N–H and O–H groups in total. The maximum atomic E-state index is 5.43. The molecule has 0 fully saturated rings. The van der Waals surface area contributed by atoms with Gasteiger partial charge in [-0.1, -0.05) is 12.2 Å². The lowest BCUT2D eigenvalue weighted by atomic mass is 10.2. The predicted molar refractivity (Wildman–Crippen MR) is 62.7 cm³/mol. The molecule has 1 aromatic rings. The molecule has 1 unspecified atom stereocenters. The van der Waals surface area contributed by atoms with Crippen molar-refractivity contribution in [2.45, 2.75) is 33.7 Å². The lowest BCUT2D eigenvalue weighted by molar-refractivity contribution is 0.611. The summed E-state index contributed by atoms with van der Waals surface area (Å²) in [6.07, 6.45) is 0. The molecule has 0 radical (unpaired) electrons. The standard InChI is InChI=1S/C10H14N4S/c1-5-6(2)11-7(3)9-13-12-8(4)14(9)10(5)15/h7,11H,1-4H3. The fraction of sp³-hybridized carbons (Fsp3) is 0.500. The maximum absolute atomic E-state index is 5.43. The SMILES string of the molecule is CC1=C(C)C(=S)n2c(C)nnc2C(C)N1. The smallest absolute Gasteiger partial charge is 0.160 e. The summed E-state index contributed by atoms with van der Waals surface area (Å²) < 4.78 is 1.94. The fourth-order valence-electron chi connectivity index (χ4n) is 1.74. The van der Waals surface area contributed by atoms with Gasteiger partial charge in [0.05, 0.1) is 6.04 Å². The largest absolute Gasteiger partial charge is 0.379 e. The number of nitrogens with one attached hydrogen (secondary N) is 1. The number of hydrogen-bond acceptors (Lipinski definition) is 4. The predicted octanol–water partition coefficient (Wildman–Crippen LogP) is 1.72. The van der Waals surface area contributed by atoms with Gasteiger partial charge in [0.1, 0.15) is 10.8 Å². The summed E-state index contributed by atoms with van der Waals surface area (Å²) in [6.45, 7) is 8.04.